The summed E-state index contributed by atoms with van der Waals surface area (Å²) in [6.45, 7) is 6.22. The molecule has 1 aromatic carbocycles. The van der Waals surface area contributed by atoms with Crippen LogP contribution in [-0.2, 0) is 11.2 Å². The van der Waals surface area contributed by atoms with Gasteiger partial charge in [0.05, 0.1) is 0 Å². The molecule has 0 radical (unpaired) electrons. The number of hydrogen-bond donors (Lipinski definition) is 1. The number of carbonyl (C=O) groups is 1. The molecule has 1 rings (SSSR count). The van der Waals surface area contributed by atoms with Crippen LogP contribution in [-0.4, -0.2) is 36.1 Å². The Morgan fingerprint density at radius 3 is 2.29 bits per heavy atom. The maximum atomic E-state index is 11.2. The van der Waals surface area contributed by atoms with Crippen molar-refractivity contribution in [3.05, 3.63) is 34.4 Å². The first kappa shape index (κ1) is 13.7. The molecule has 0 aliphatic rings. The van der Waals surface area contributed by atoms with Gasteiger partial charge in [0.1, 0.15) is 6.04 Å². The van der Waals surface area contributed by atoms with Crippen LogP contribution in [0.3, 0.4) is 0 Å². The molecule has 0 aliphatic carbocycles. The van der Waals surface area contributed by atoms with Gasteiger partial charge in [0.2, 0.25) is 0 Å². The number of likely N-dealkylation sites (N-methyl/N-ethyl adjacent to an activating group) is 1. The third kappa shape index (κ3) is 3.07. The number of benzene rings is 1. The lowest BCUT2D eigenvalue weighted by atomic mass is 9.94. The molecule has 1 aromatic rings. The summed E-state index contributed by atoms with van der Waals surface area (Å²) < 4.78 is 0. The van der Waals surface area contributed by atoms with Crippen molar-refractivity contribution in [1.82, 2.24) is 4.90 Å². The average molecular weight is 235 g/mol. The minimum absolute atomic E-state index is 0.462. The number of rotatable bonds is 4. The summed E-state index contributed by atoms with van der Waals surface area (Å²) in [7, 11) is 3.60. The number of hydrogen-bond acceptors (Lipinski definition) is 2. The number of aryl methyl sites for hydroxylation is 1. The van der Waals surface area contributed by atoms with Crippen LogP contribution in [0, 0.1) is 20.8 Å². The van der Waals surface area contributed by atoms with Crippen molar-refractivity contribution in [2.45, 2.75) is 33.2 Å². The average Bonchev–Trinajstić information content (AvgIpc) is 2.24. The van der Waals surface area contributed by atoms with Gasteiger partial charge in [0.15, 0.2) is 0 Å². The van der Waals surface area contributed by atoms with Crippen molar-refractivity contribution in [3.8, 4) is 0 Å². The molecule has 0 amide bonds. The van der Waals surface area contributed by atoms with E-state index in [1.807, 2.05) is 6.07 Å². The summed E-state index contributed by atoms with van der Waals surface area (Å²) in [5.74, 6) is -0.771. The van der Waals surface area contributed by atoms with Crippen molar-refractivity contribution in [1.29, 1.82) is 0 Å². The van der Waals surface area contributed by atoms with Gasteiger partial charge in [-0.15, -0.1) is 0 Å². The van der Waals surface area contributed by atoms with Crippen molar-refractivity contribution in [2.24, 2.45) is 0 Å². The Balaban J connectivity index is 3.02. The van der Waals surface area contributed by atoms with Gasteiger partial charge in [-0.3, -0.25) is 9.69 Å². The lowest BCUT2D eigenvalue weighted by Gasteiger charge is -2.21. The fourth-order valence-electron chi connectivity index (χ4n) is 1.93. The van der Waals surface area contributed by atoms with E-state index < -0.39 is 12.0 Å². The molecule has 0 aromatic heterocycles. The Bertz CT molecular complexity index is 424. The van der Waals surface area contributed by atoms with Gasteiger partial charge in [-0.2, -0.15) is 0 Å². The van der Waals surface area contributed by atoms with Crippen LogP contribution in [0.25, 0.3) is 0 Å². The Labute approximate surface area is 103 Å². The van der Waals surface area contributed by atoms with Gasteiger partial charge in [-0.05, 0) is 63.5 Å². The Hall–Kier alpha value is -1.35. The number of carboxylic acid groups (broad SMARTS) is 1. The summed E-state index contributed by atoms with van der Waals surface area (Å²) >= 11 is 0. The highest BCUT2D eigenvalue weighted by Crippen LogP contribution is 2.19. The zero-order valence-corrected chi connectivity index (χ0v) is 11.2. The summed E-state index contributed by atoms with van der Waals surface area (Å²) in [4.78, 5) is 12.9. The SMILES string of the molecule is Cc1ccc(C[C@H](C(=O)O)N(C)C)c(C)c1C. The first-order valence-electron chi connectivity index (χ1n) is 5.79. The van der Waals surface area contributed by atoms with Crippen LogP contribution in [0.5, 0.6) is 0 Å². The molecule has 0 fully saturated rings. The van der Waals surface area contributed by atoms with Crippen LogP contribution in [0.4, 0.5) is 0 Å². The van der Waals surface area contributed by atoms with Gasteiger partial charge in [-0.1, -0.05) is 12.1 Å². The van der Waals surface area contributed by atoms with Crippen LogP contribution < -0.4 is 0 Å². The maximum Gasteiger partial charge on any atom is 0.321 e. The smallest absolute Gasteiger partial charge is 0.321 e. The first-order chi connectivity index (χ1) is 7.84. The lowest BCUT2D eigenvalue weighted by molar-refractivity contribution is -0.142. The molecule has 0 unspecified atom stereocenters. The van der Waals surface area contributed by atoms with Crippen molar-refractivity contribution < 1.29 is 9.90 Å². The molecule has 1 N–H and O–H groups in total. The van der Waals surface area contributed by atoms with E-state index in [0.717, 1.165) is 5.56 Å². The largest absolute Gasteiger partial charge is 0.480 e. The molecular weight excluding hydrogens is 214 g/mol. The second kappa shape index (κ2) is 5.32. The molecule has 94 valence electrons. The highest BCUT2D eigenvalue weighted by molar-refractivity contribution is 5.74. The van der Waals surface area contributed by atoms with Crippen molar-refractivity contribution >= 4 is 5.97 Å². The standard InChI is InChI=1S/C14H21NO2/c1-9-6-7-12(11(3)10(9)2)8-13(14(16)17)15(4)5/h6-7,13H,8H2,1-5H3,(H,16,17)/t13-/m1/s1. The third-order valence-corrected chi connectivity index (χ3v) is 3.49. The predicted octanol–water partition coefficient (Wildman–Crippen LogP) is 2.17. The van der Waals surface area contributed by atoms with Gasteiger partial charge < -0.3 is 5.11 Å². The third-order valence-electron chi connectivity index (χ3n) is 3.49. The van der Waals surface area contributed by atoms with Gasteiger partial charge in [0.25, 0.3) is 0 Å². The highest BCUT2D eigenvalue weighted by Gasteiger charge is 2.21. The molecule has 0 saturated heterocycles. The zero-order chi connectivity index (χ0) is 13.2. The molecule has 17 heavy (non-hydrogen) atoms. The molecule has 0 spiro atoms. The molecule has 0 heterocycles. The molecule has 0 aliphatic heterocycles. The molecule has 1 atom stereocenters. The number of nitrogens with zero attached hydrogens (tertiary/aromatic N) is 1. The minimum Gasteiger partial charge on any atom is -0.480 e. The summed E-state index contributed by atoms with van der Waals surface area (Å²) in [6.07, 6.45) is 0.551. The Kier molecular flexibility index (Phi) is 4.29. The van der Waals surface area contributed by atoms with E-state index in [2.05, 4.69) is 26.8 Å². The Morgan fingerprint density at radius 2 is 1.82 bits per heavy atom. The molecule has 3 heteroatoms. The van der Waals surface area contributed by atoms with Crippen LogP contribution in [0.2, 0.25) is 0 Å². The summed E-state index contributed by atoms with van der Waals surface area (Å²) in [5.41, 5.74) is 4.83. The fraction of sp³-hybridized carbons (Fsp3) is 0.500. The van der Waals surface area contributed by atoms with E-state index in [0.29, 0.717) is 6.42 Å². The minimum atomic E-state index is -0.771. The molecular formula is C14H21NO2. The maximum absolute atomic E-state index is 11.2. The zero-order valence-electron chi connectivity index (χ0n) is 11.2. The Morgan fingerprint density at radius 1 is 1.24 bits per heavy atom. The molecule has 0 saturated carbocycles. The first-order valence-corrected chi connectivity index (χ1v) is 5.79. The van der Waals surface area contributed by atoms with Crippen LogP contribution in [0.15, 0.2) is 12.1 Å². The van der Waals surface area contributed by atoms with Gasteiger partial charge in [0, 0.05) is 0 Å². The predicted molar refractivity (Wildman–Crippen MR) is 69.5 cm³/mol. The summed E-state index contributed by atoms with van der Waals surface area (Å²) in [5, 5.41) is 9.18. The van der Waals surface area contributed by atoms with E-state index in [1.54, 1.807) is 19.0 Å². The van der Waals surface area contributed by atoms with Crippen molar-refractivity contribution in [2.75, 3.05) is 14.1 Å². The van der Waals surface area contributed by atoms with Gasteiger partial charge >= 0.3 is 5.97 Å². The van der Waals surface area contributed by atoms with Crippen LogP contribution in [0.1, 0.15) is 22.3 Å². The van der Waals surface area contributed by atoms with Crippen LogP contribution >= 0.6 is 0 Å². The van der Waals surface area contributed by atoms with E-state index in [9.17, 15) is 9.90 Å². The highest BCUT2D eigenvalue weighted by atomic mass is 16.4. The second-order valence-electron chi connectivity index (χ2n) is 4.81. The normalized spacial score (nSPS) is 12.8. The number of carboxylic acids is 1. The van der Waals surface area contributed by atoms with Gasteiger partial charge in [-0.25, -0.2) is 0 Å². The fourth-order valence-corrected chi connectivity index (χ4v) is 1.93. The second-order valence-corrected chi connectivity index (χ2v) is 4.81. The van der Waals surface area contributed by atoms with E-state index >= 15 is 0 Å². The molecule has 3 nitrogen and oxygen atoms in total. The van der Waals surface area contributed by atoms with E-state index in [1.165, 1.54) is 16.7 Å². The van der Waals surface area contributed by atoms with Crippen molar-refractivity contribution in [3.63, 3.8) is 0 Å². The quantitative estimate of drug-likeness (QED) is 0.869. The lowest BCUT2D eigenvalue weighted by Crippen LogP contribution is -2.37. The van der Waals surface area contributed by atoms with E-state index in [-0.39, 0.29) is 0 Å². The summed E-state index contributed by atoms with van der Waals surface area (Å²) in [6, 6.07) is 3.64. The monoisotopic (exact) mass is 235 g/mol. The topological polar surface area (TPSA) is 40.5 Å². The van der Waals surface area contributed by atoms with E-state index in [4.69, 9.17) is 0 Å². The number of aliphatic carboxylic acids is 1. The molecule has 0 bridgehead atoms.